The van der Waals surface area contributed by atoms with Crippen LogP contribution in [0.15, 0.2) is 182 Å². The van der Waals surface area contributed by atoms with Gasteiger partial charge in [-0.15, -0.1) is 22.7 Å². The zero-order valence-corrected chi connectivity index (χ0v) is 32.1. The SMILES string of the molecule is c1ccc(-c2nc(-c3ccc4c(c3)sc3c(-c5ccc6c7ccccc7n(-c7ccccc7)c6c5)cccc34)nc(-c3ccc4sc5ccccc5c4c3)n2)cc1. The summed E-state index contributed by atoms with van der Waals surface area (Å²) in [5.41, 5.74) is 8.89. The molecule has 0 aliphatic carbocycles. The van der Waals surface area contributed by atoms with E-state index in [4.69, 9.17) is 15.0 Å². The molecule has 266 valence electrons. The molecule has 57 heavy (non-hydrogen) atoms. The fraction of sp³-hybridized carbons (Fsp3) is 0. The first-order valence-corrected chi connectivity index (χ1v) is 20.6. The Bertz CT molecular complexity index is 3530. The summed E-state index contributed by atoms with van der Waals surface area (Å²) in [5.74, 6) is 1.99. The minimum atomic E-state index is 0.660. The highest BCUT2D eigenvalue weighted by molar-refractivity contribution is 7.26. The molecule has 0 N–H and O–H groups in total. The monoisotopic (exact) mass is 762 g/mol. The van der Waals surface area contributed by atoms with E-state index in [1.807, 2.05) is 40.9 Å². The largest absolute Gasteiger partial charge is 0.309 e. The first-order chi connectivity index (χ1) is 28.2. The van der Waals surface area contributed by atoms with E-state index in [2.05, 4.69) is 168 Å². The van der Waals surface area contributed by atoms with Gasteiger partial charge in [-0.2, -0.15) is 0 Å². The van der Waals surface area contributed by atoms with E-state index in [1.54, 1.807) is 0 Å². The number of rotatable bonds is 5. The van der Waals surface area contributed by atoms with Gasteiger partial charge in [0, 0.05) is 73.5 Å². The van der Waals surface area contributed by atoms with Crippen molar-refractivity contribution in [2.75, 3.05) is 0 Å². The van der Waals surface area contributed by atoms with Crippen LogP contribution in [0.5, 0.6) is 0 Å². The molecule has 6 heteroatoms. The predicted octanol–water partition coefficient (Wildman–Crippen LogP) is 14.4. The molecular weight excluding hydrogens is 733 g/mol. The molecule has 0 fully saturated rings. The summed E-state index contributed by atoms with van der Waals surface area (Å²) in [7, 11) is 0. The maximum absolute atomic E-state index is 5.16. The predicted molar refractivity (Wildman–Crippen MR) is 242 cm³/mol. The van der Waals surface area contributed by atoms with Crippen molar-refractivity contribution in [3.05, 3.63) is 182 Å². The number of aromatic nitrogens is 4. The Morgan fingerprint density at radius 2 is 0.930 bits per heavy atom. The molecule has 0 spiro atoms. The Hall–Kier alpha value is -6.99. The first kappa shape index (κ1) is 32.3. The number of para-hydroxylation sites is 2. The van der Waals surface area contributed by atoms with Crippen LogP contribution in [0.2, 0.25) is 0 Å². The van der Waals surface area contributed by atoms with Crippen molar-refractivity contribution >= 4 is 84.8 Å². The van der Waals surface area contributed by atoms with Gasteiger partial charge in [0.05, 0.1) is 11.0 Å². The Labute approximate surface area is 335 Å². The molecule has 0 aliphatic rings. The number of hydrogen-bond donors (Lipinski definition) is 0. The molecule has 0 amide bonds. The van der Waals surface area contributed by atoms with Gasteiger partial charge in [0.1, 0.15) is 0 Å². The molecule has 4 nitrogen and oxygen atoms in total. The maximum atomic E-state index is 5.16. The van der Waals surface area contributed by atoms with E-state index in [1.165, 1.54) is 73.3 Å². The van der Waals surface area contributed by atoms with Crippen molar-refractivity contribution in [1.29, 1.82) is 0 Å². The summed E-state index contributed by atoms with van der Waals surface area (Å²) in [6.07, 6.45) is 0. The number of fused-ring (bicyclic) bond motifs is 9. The maximum Gasteiger partial charge on any atom is 0.164 e. The van der Waals surface area contributed by atoms with Gasteiger partial charge < -0.3 is 4.57 Å². The van der Waals surface area contributed by atoms with Crippen LogP contribution in [-0.4, -0.2) is 19.5 Å². The van der Waals surface area contributed by atoms with Crippen molar-refractivity contribution in [1.82, 2.24) is 19.5 Å². The van der Waals surface area contributed by atoms with Crippen LogP contribution in [0.1, 0.15) is 0 Å². The Morgan fingerprint density at radius 1 is 0.333 bits per heavy atom. The topological polar surface area (TPSA) is 43.6 Å². The lowest BCUT2D eigenvalue weighted by molar-refractivity contribution is 1.08. The van der Waals surface area contributed by atoms with Crippen LogP contribution in [0.25, 0.3) is 113 Å². The minimum Gasteiger partial charge on any atom is -0.309 e. The zero-order valence-electron chi connectivity index (χ0n) is 30.4. The van der Waals surface area contributed by atoms with Gasteiger partial charge in [-0.3, -0.25) is 0 Å². The lowest BCUT2D eigenvalue weighted by Crippen LogP contribution is -2.00. The van der Waals surface area contributed by atoms with Gasteiger partial charge in [0.15, 0.2) is 17.5 Å². The second kappa shape index (κ2) is 12.8. The average molecular weight is 763 g/mol. The smallest absolute Gasteiger partial charge is 0.164 e. The third-order valence-electron chi connectivity index (χ3n) is 11.1. The second-order valence-electron chi connectivity index (χ2n) is 14.4. The third kappa shape index (κ3) is 5.22. The zero-order chi connectivity index (χ0) is 37.5. The van der Waals surface area contributed by atoms with Crippen molar-refractivity contribution in [2.24, 2.45) is 0 Å². The number of benzene rings is 8. The summed E-state index contributed by atoms with van der Waals surface area (Å²) in [5, 5.41) is 7.46. The molecule has 12 aromatic rings. The fourth-order valence-corrected chi connectivity index (χ4v) is 10.7. The van der Waals surface area contributed by atoms with Gasteiger partial charge in [0.2, 0.25) is 0 Å². The van der Waals surface area contributed by atoms with Crippen LogP contribution in [-0.2, 0) is 0 Å². The highest BCUT2D eigenvalue weighted by Crippen LogP contribution is 2.43. The lowest BCUT2D eigenvalue weighted by Gasteiger charge is -2.09. The van der Waals surface area contributed by atoms with E-state index < -0.39 is 0 Å². The lowest BCUT2D eigenvalue weighted by atomic mass is 10.0. The molecule has 0 bridgehead atoms. The Morgan fingerprint density at radius 3 is 1.77 bits per heavy atom. The molecular formula is C51H30N4S2. The van der Waals surface area contributed by atoms with Gasteiger partial charge in [-0.25, -0.2) is 15.0 Å². The van der Waals surface area contributed by atoms with Gasteiger partial charge in [-0.1, -0.05) is 127 Å². The van der Waals surface area contributed by atoms with E-state index >= 15 is 0 Å². The Kier molecular flexibility index (Phi) is 7.24. The van der Waals surface area contributed by atoms with E-state index in [0.29, 0.717) is 17.5 Å². The number of thiophene rings is 2. The van der Waals surface area contributed by atoms with Gasteiger partial charge >= 0.3 is 0 Å². The third-order valence-corrected chi connectivity index (χ3v) is 13.4. The molecule has 4 aromatic heterocycles. The van der Waals surface area contributed by atoms with Crippen LogP contribution < -0.4 is 0 Å². The fourth-order valence-electron chi connectivity index (χ4n) is 8.37. The average Bonchev–Trinajstić information content (AvgIpc) is 3.95. The van der Waals surface area contributed by atoms with E-state index in [0.717, 1.165) is 22.4 Å². The molecule has 12 rings (SSSR count). The quantitative estimate of drug-likeness (QED) is 0.175. The Balaban J connectivity index is 1.01. The van der Waals surface area contributed by atoms with Crippen LogP contribution in [0, 0.1) is 0 Å². The van der Waals surface area contributed by atoms with E-state index in [-0.39, 0.29) is 0 Å². The molecule has 0 unspecified atom stereocenters. The summed E-state index contributed by atoms with van der Waals surface area (Å²) < 4.78 is 7.39. The van der Waals surface area contributed by atoms with Crippen LogP contribution in [0.3, 0.4) is 0 Å². The van der Waals surface area contributed by atoms with Crippen molar-refractivity contribution in [3.8, 4) is 51.0 Å². The van der Waals surface area contributed by atoms with Gasteiger partial charge in [0.25, 0.3) is 0 Å². The molecule has 0 saturated heterocycles. The molecule has 4 heterocycles. The molecule has 0 saturated carbocycles. The van der Waals surface area contributed by atoms with E-state index in [9.17, 15) is 0 Å². The number of hydrogen-bond acceptors (Lipinski definition) is 5. The van der Waals surface area contributed by atoms with Crippen molar-refractivity contribution < 1.29 is 0 Å². The van der Waals surface area contributed by atoms with Crippen molar-refractivity contribution in [3.63, 3.8) is 0 Å². The van der Waals surface area contributed by atoms with Crippen LogP contribution >= 0.6 is 22.7 Å². The normalized spacial score (nSPS) is 11.9. The number of nitrogens with zero attached hydrogens (tertiary/aromatic N) is 4. The first-order valence-electron chi connectivity index (χ1n) is 19.0. The molecule has 8 aromatic carbocycles. The highest BCUT2D eigenvalue weighted by Gasteiger charge is 2.18. The highest BCUT2D eigenvalue weighted by atomic mass is 32.1. The summed E-state index contributed by atoms with van der Waals surface area (Å²) in [6.45, 7) is 0. The second-order valence-corrected chi connectivity index (χ2v) is 16.5. The molecule has 0 aliphatic heterocycles. The molecule has 0 radical (unpaired) electrons. The van der Waals surface area contributed by atoms with Gasteiger partial charge in [-0.05, 0) is 65.7 Å². The summed E-state index contributed by atoms with van der Waals surface area (Å²) in [4.78, 5) is 15.3. The van der Waals surface area contributed by atoms with Crippen LogP contribution in [0.4, 0.5) is 0 Å². The molecule has 0 atom stereocenters. The summed E-state index contributed by atoms with van der Waals surface area (Å²) in [6, 6.07) is 65.0. The van der Waals surface area contributed by atoms with Crippen molar-refractivity contribution in [2.45, 2.75) is 0 Å². The summed E-state index contributed by atoms with van der Waals surface area (Å²) >= 11 is 3.65. The standard InChI is InChI=1S/C51H30N4S2/c1-3-12-31(13-4-1)49-52-50(33-24-27-46-42(28-33)39-17-8-10-21-45(39)56-46)54-51(53-49)34-23-26-40-41-19-11-18-36(48(41)57-47(40)30-34)32-22-25-38-37-16-7-9-20-43(37)55(44(38)29-32)35-14-5-2-6-15-35/h1-30H. The minimum absolute atomic E-state index is 0.660.